The molecule has 2 N–H and O–H groups in total. The molecule has 1 heterocycles. The van der Waals surface area contributed by atoms with Crippen LogP contribution in [0.2, 0.25) is 0 Å². The Morgan fingerprint density at radius 1 is 1.50 bits per heavy atom. The number of aromatic nitrogens is 1. The molecule has 0 atom stereocenters. The molecule has 0 aliphatic carbocycles. The molecule has 2 rings (SSSR count). The van der Waals surface area contributed by atoms with E-state index in [0.717, 1.165) is 6.21 Å². The summed E-state index contributed by atoms with van der Waals surface area (Å²) >= 11 is 4.36. The molecule has 0 fully saturated rings. The van der Waals surface area contributed by atoms with Crippen molar-refractivity contribution >= 4 is 45.5 Å². The van der Waals surface area contributed by atoms with Gasteiger partial charge in [-0.15, -0.1) is 0 Å². The van der Waals surface area contributed by atoms with Gasteiger partial charge >= 0.3 is 5.69 Å². The van der Waals surface area contributed by atoms with Gasteiger partial charge in [0, 0.05) is 22.3 Å². The Bertz CT molecular complexity index is 786. The molecule has 1 aromatic carbocycles. The van der Waals surface area contributed by atoms with Crippen LogP contribution in [0.25, 0.3) is 0 Å². The molecule has 0 aliphatic heterocycles. The van der Waals surface area contributed by atoms with Crippen LogP contribution in [0.15, 0.2) is 51.1 Å². The zero-order chi connectivity index (χ0) is 17.5. The number of phenolic OH excluding ortho intramolecular Hbond substituents is 1. The van der Waals surface area contributed by atoms with Crippen molar-refractivity contribution < 1.29 is 14.8 Å². The van der Waals surface area contributed by atoms with Gasteiger partial charge < -0.3 is 5.11 Å². The molecule has 24 heavy (non-hydrogen) atoms. The number of aromatic hydroxyl groups is 1. The van der Waals surface area contributed by atoms with E-state index in [9.17, 15) is 20.0 Å². The van der Waals surface area contributed by atoms with E-state index in [-0.39, 0.29) is 17.2 Å². The molecule has 0 unspecified atom stereocenters. The van der Waals surface area contributed by atoms with Crippen LogP contribution in [0.5, 0.6) is 5.75 Å². The van der Waals surface area contributed by atoms with Crippen molar-refractivity contribution in [2.24, 2.45) is 5.10 Å². The first-order valence-corrected chi connectivity index (χ1v) is 8.28. The number of amides is 1. The molecule has 10 heteroatoms. The van der Waals surface area contributed by atoms with Crippen molar-refractivity contribution in [2.45, 2.75) is 5.03 Å². The predicted octanol–water partition coefficient (Wildman–Crippen LogP) is 2.70. The van der Waals surface area contributed by atoms with E-state index >= 15 is 0 Å². The number of nitro groups is 1. The van der Waals surface area contributed by atoms with Crippen LogP contribution in [0.4, 0.5) is 5.69 Å². The molecule has 124 valence electrons. The van der Waals surface area contributed by atoms with E-state index in [2.05, 4.69) is 31.4 Å². The number of rotatable bonds is 6. The largest absolute Gasteiger partial charge is 0.502 e. The second-order valence-corrected chi connectivity index (χ2v) is 6.28. The number of benzene rings is 1. The van der Waals surface area contributed by atoms with Crippen LogP contribution in [0.3, 0.4) is 0 Å². The molecule has 0 radical (unpaired) electrons. The predicted molar refractivity (Wildman–Crippen MR) is 93.2 cm³/mol. The summed E-state index contributed by atoms with van der Waals surface area (Å²) in [6, 6.07) is 7.99. The number of carbonyl (C=O) groups excluding carboxylic acids is 1. The minimum Gasteiger partial charge on any atom is -0.502 e. The molecule has 0 saturated heterocycles. The summed E-state index contributed by atoms with van der Waals surface area (Å²) in [6.07, 6.45) is 2.76. The van der Waals surface area contributed by atoms with E-state index in [1.54, 1.807) is 18.3 Å². The van der Waals surface area contributed by atoms with Crippen molar-refractivity contribution in [3.63, 3.8) is 0 Å². The third-order valence-electron chi connectivity index (χ3n) is 2.66. The van der Waals surface area contributed by atoms with Gasteiger partial charge in [-0.3, -0.25) is 14.9 Å². The molecule has 8 nitrogen and oxygen atoms in total. The summed E-state index contributed by atoms with van der Waals surface area (Å²) in [6.45, 7) is 0. The highest BCUT2D eigenvalue weighted by Gasteiger charge is 2.17. The van der Waals surface area contributed by atoms with Crippen LogP contribution < -0.4 is 5.43 Å². The van der Waals surface area contributed by atoms with Crippen molar-refractivity contribution in [2.75, 3.05) is 5.75 Å². The minimum atomic E-state index is -0.709. The van der Waals surface area contributed by atoms with Gasteiger partial charge in [-0.2, -0.15) is 5.10 Å². The van der Waals surface area contributed by atoms with Gasteiger partial charge in [-0.1, -0.05) is 33.8 Å². The number of hydrogen-bond acceptors (Lipinski definition) is 7. The molecule has 0 spiro atoms. The monoisotopic (exact) mass is 410 g/mol. The van der Waals surface area contributed by atoms with Gasteiger partial charge in [0.2, 0.25) is 11.7 Å². The summed E-state index contributed by atoms with van der Waals surface area (Å²) < 4.78 is 0.408. The van der Waals surface area contributed by atoms with Crippen LogP contribution in [-0.2, 0) is 4.79 Å². The molecule has 2 aromatic rings. The van der Waals surface area contributed by atoms with Crippen LogP contribution in [-0.4, -0.2) is 32.9 Å². The van der Waals surface area contributed by atoms with Gasteiger partial charge in [-0.25, -0.2) is 10.4 Å². The molecule has 0 bridgehead atoms. The fraction of sp³-hybridized carbons (Fsp3) is 0.0714. The van der Waals surface area contributed by atoms with Crippen molar-refractivity contribution in [3.05, 3.63) is 56.7 Å². The number of nitro benzene ring substituents is 1. The summed E-state index contributed by atoms with van der Waals surface area (Å²) in [5.74, 6) is -0.783. The second kappa shape index (κ2) is 8.41. The first-order valence-electron chi connectivity index (χ1n) is 6.50. The lowest BCUT2D eigenvalue weighted by Crippen LogP contribution is -2.19. The first kappa shape index (κ1) is 17.9. The smallest absolute Gasteiger partial charge is 0.312 e. The summed E-state index contributed by atoms with van der Waals surface area (Å²) in [7, 11) is 0. The Balaban J connectivity index is 1.96. The minimum absolute atomic E-state index is 0.105. The van der Waals surface area contributed by atoms with E-state index < -0.39 is 16.4 Å². The number of phenols is 1. The summed E-state index contributed by atoms with van der Waals surface area (Å²) in [5, 5.41) is 25.1. The lowest BCUT2D eigenvalue weighted by atomic mass is 10.2. The number of nitrogens with one attached hydrogen (secondary N) is 1. The van der Waals surface area contributed by atoms with Crippen LogP contribution in [0, 0.1) is 10.1 Å². The molecule has 1 aromatic heterocycles. The number of halogens is 1. The van der Waals surface area contributed by atoms with Gasteiger partial charge in [-0.05, 0) is 18.2 Å². The third-order valence-corrected chi connectivity index (χ3v) is 4.06. The Morgan fingerprint density at radius 2 is 2.29 bits per heavy atom. The SMILES string of the molecule is O=C(CSc1ccccn1)N/N=C\c1cc(Br)cc([N+](=O)[O-])c1O. The molecule has 0 aliphatic rings. The maximum atomic E-state index is 11.7. The van der Waals surface area contributed by atoms with Crippen molar-refractivity contribution in [1.29, 1.82) is 0 Å². The molecular weight excluding hydrogens is 400 g/mol. The highest BCUT2D eigenvalue weighted by molar-refractivity contribution is 9.10. The Morgan fingerprint density at radius 3 is 2.96 bits per heavy atom. The second-order valence-electron chi connectivity index (χ2n) is 4.37. The Kier molecular flexibility index (Phi) is 6.27. The highest BCUT2D eigenvalue weighted by atomic mass is 79.9. The quantitative estimate of drug-likeness (QED) is 0.327. The lowest BCUT2D eigenvalue weighted by molar-refractivity contribution is -0.385. The van der Waals surface area contributed by atoms with E-state index in [0.29, 0.717) is 9.50 Å². The molecular formula is C14H11BrN4O4S. The number of nitrogens with zero attached hydrogens (tertiary/aromatic N) is 3. The van der Waals surface area contributed by atoms with Gasteiger partial charge in [0.25, 0.3) is 0 Å². The number of pyridine rings is 1. The average molecular weight is 411 g/mol. The number of carbonyl (C=O) groups is 1. The zero-order valence-electron chi connectivity index (χ0n) is 12.0. The van der Waals surface area contributed by atoms with Gasteiger partial charge in [0.15, 0.2) is 0 Å². The van der Waals surface area contributed by atoms with Gasteiger partial charge in [0.1, 0.15) is 0 Å². The maximum Gasteiger partial charge on any atom is 0.312 e. The average Bonchev–Trinajstić information content (AvgIpc) is 2.56. The van der Waals surface area contributed by atoms with E-state index in [1.807, 2.05) is 6.07 Å². The van der Waals surface area contributed by atoms with E-state index in [1.165, 1.54) is 23.9 Å². The highest BCUT2D eigenvalue weighted by Crippen LogP contribution is 2.32. The van der Waals surface area contributed by atoms with Gasteiger partial charge in [0.05, 0.1) is 21.9 Å². The van der Waals surface area contributed by atoms with E-state index in [4.69, 9.17) is 0 Å². The Labute approximate surface area is 149 Å². The standard InChI is InChI=1S/C14H11BrN4O4S/c15-10-5-9(14(21)11(6-10)19(22)23)7-17-18-12(20)8-24-13-3-1-2-4-16-13/h1-7,21H,8H2,(H,18,20)/b17-7-. The van der Waals surface area contributed by atoms with Crippen molar-refractivity contribution in [3.8, 4) is 5.75 Å². The number of hydrogen-bond donors (Lipinski definition) is 2. The number of thioether (sulfide) groups is 1. The number of hydrazone groups is 1. The maximum absolute atomic E-state index is 11.7. The van der Waals surface area contributed by atoms with Crippen LogP contribution >= 0.6 is 27.7 Å². The van der Waals surface area contributed by atoms with Crippen LogP contribution in [0.1, 0.15) is 5.56 Å². The normalized spacial score (nSPS) is 10.7. The fourth-order valence-electron chi connectivity index (χ4n) is 1.62. The molecule has 1 amide bonds. The third kappa shape index (κ3) is 5.03. The summed E-state index contributed by atoms with van der Waals surface area (Å²) in [5.41, 5.74) is 1.93. The lowest BCUT2D eigenvalue weighted by Gasteiger charge is -2.02. The molecule has 0 saturated carbocycles. The fourth-order valence-corrected chi connectivity index (χ4v) is 2.74. The zero-order valence-corrected chi connectivity index (χ0v) is 14.5. The van der Waals surface area contributed by atoms with Crippen molar-refractivity contribution in [1.82, 2.24) is 10.4 Å². The summed E-state index contributed by atoms with van der Waals surface area (Å²) in [4.78, 5) is 25.9. The topological polar surface area (TPSA) is 118 Å². The first-order chi connectivity index (χ1) is 11.5. The Hall–Kier alpha value is -2.46.